The van der Waals surface area contributed by atoms with Crippen molar-refractivity contribution in [1.29, 1.82) is 0 Å². The molecule has 0 fully saturated rings. The maximum absolute atomic E-state index is 12.2. The first kappa shape index (κ1) is 18.6. The van der Waals surface area contributed by atoms with E-state index in [1.165, 1.54) is 13.2 Å². The van der Waals surface area contributed by atoms with Gasteiger partial charge >= 0.3 is 11.9 Å². The van der Waals surface area contributed by atoms with Gasteiger partial charge in [-0.2, -0.15) is 0 Å². The molecular weight excluding hydrogens is 310 g/mol. The van der Waals surface area contributed by atoms with E-state index in [9.17, 15) is 13.8 Å². The first-order chi connectivity index (χ1) is 9.94. The Morgan fingerprint density at radius 1 is 1.41 bits per heavy atom. The summed E-state index contributed by atoms with van der Waals surface area (Å²) in [6.07, 6.45) is 1.20. The van der Waals surface area contributed by atoms with Crippen LogP contribution in [0.1, 0.15) is 41.0 Å². The summed E-state index contributed by atoms with van der Waals surface area (Å²) in [5.41, 5.74) is 0. The van der Waals surface area contributed by atoms with E-state index in [0.29, 0.717) is 0 Å². The second-order valence-electron chi connectivity index (χ2n) is 6.31. The number of nitrogens with one attached hydrogen (secondary N) is 1. The van der Waals surface area contributed by atoms with Gasteiger partial charge in [-0.1, -0.05) is 0 Å². The van der Waals surface area contributed by atoms with Crippen molar-refractivity contribution in [2.75, 3.05) is 7.11 Å². The summed E-state index contributed by atoms with van der Waals surface area (Å²) in [6.45, 7) is 8.52. The highest BCUT2D eigenvalue weighted by molar-refractivity contribution is 7.84. The zero-order chi connectivity index (χ0) is 17.1. The molecule has 1 N–H and O–H groups in total. The summed E-state index contributed by atoms with van der Waals surface area (Å²) in [7, 11) is -0.230. The van der Waals surface area contributed by atoms with Crippen LogP contribution < -0.4 is 4.72 Å². The molecule has 0 aromatic heterocycles. The maximum atomic E-state index is 12.2. The largest absolute Gasteiger partial charge is 0.468 e. The van der Waals surface area contributed by atoms with Crippen LogP contribution in [-0.4, -0.2) is 39.8 Å². The van der Waals surface area contributed by atoms with Crippen molar-refractivity contribution in [3.05, 3.63) is 11.8 Å². The zero-order valence-electron chi connectivity index (χ0n) is 13.7. The third-order valence-electron chi connectivity index (χ3n) is 2.70. The molecule has 1 aliphatic rings. The molecule has 0 saturated carbocycles. The summed E-state index contributed by atoms with van der Waals surface area (Å²) < 4.78 is 29.5. The topological polar surface area (TPSA) is 90.9 Å². The summed E-state index contributed by atoms with van der Waals surface area (Å²) in [6, 6.07) is -0.891. The Morgan fingerprint density at radius 2 is 2.00 bits per heavy atom. The highest BCUT2D eigenvalue weighted by atomic mass is 32.2. The Morgan fingerprint density at radius 3 is 2.45 bits per heavy atom. The van der Waals surface area contributed by atoms with E-state index in [-0.39, 0.29) is 12.2 Å². The highest BCUT2D eigenvalue weighted by Gasteiger charge is 2.34. The number of carbonyl (C=O) groups is 2. The van der Waals surface area contributed by atoms with Gasteiger partial charge in [-0.15, -0.1) is 0 Å². The molecule has 1 heterocycles. The van der Waals surface area contributed by atoms with E-state index in [1.54, 1.807) is 34.6 Å². The fourth-order valence-electron chi connectivity index (χ4n) is 1.69. The van der Waals surface area contributed by atoms with Gasteiger partial charge in [0, 0.05) is 20.3 Å². The molecule has 1 aliphatic heterocycles. The monoisotopic (exact) mass is 333 g/mol. The number of methoxy groups -OCH3 is 1. The first-order valence-electron chi connectivity index (χ1n) is 6.83. The Kier molecular flexibility index (Phi) is 5.75. The van der Waals surface area contributed by atoms with Gasteiger partial charge in [-0.25, -0.2) is 13.7 Å². The quantitative estimate of drug-likeness (QED) is 0.759. The number of ether oxygens (including phenoxy) is 3. The van der Waals surface area contributed by atoms with E-state index < -0.39 is 39.5 Å². The lowest BCUT2D eigenvalue weighted by Crippen LogP contribution is -2.45. The van der Waals surface area contributed by atoms with Gasteiger partial charge in [-0.3, -0.25) is 4.79 Å². The minimum Gasteiger partial charge on any atom is -0.468 e. The van der Waals surface area contributed by atoms with Gasteiger partial charge < -0.3 is 14.2 Å². The fourth-order valence-corrected chi connectivity index (χ4v) is 2.48. The van der Waals surface area contributed by atoms with Crippen LogP contribution in [0.25, 0.3) is 0 Å². The van der Waals surface area contributed by atoms with E-state index in [0.717, 1.165) is 0 Å². The predicted molar refractivity (Wildman–Crippen MR) is 80.8 cm³/mol. The number of carbonyl (C=O) groups excluding carboxylic acids is 2. The second-order valence-corrected chi connectivity index (χ2v) is 8.31. The molecule has 0 radical (unpaired) electrons. The zero-order valence-corrected chi connectivity index (χ0v) is 14.5. The molecule has 0 amide bonds. The van der Waals surface area contributed by atoms with Crippen LogP contribution in [0.4, 0.5) is 0 Å². The van der Waals surface area contributed by atoms with Crippen molar-refractivity contribution >= 4 is 22.9 Å². The summed E-state index contributed by atoms with van der Waals surface area (Å²) in [4.78, 5) is 23.4. The number of cyclic esters (lactones) is 1. The van der Waals surface area contributed by atoms with Crippen molar-refractivity contribution in [2.45, 2.75) is 57.6 Å². The predicted octanol–water partition coefficient (Wildman–Crippen LogP) is 1.16. The lowest BCUT2D eigenvalue weighted by atomic mass is 10.1. The number of hydrogen-bond donors (Lipinski definition) is 1. The van der Waals surface area contributed by atoms with Gasteiger partial charge in [-0.05, 0) is 20.8 Å². The summed E-state index contributed by atoms with van der Waals surface area (Å²) in [5.74, 6) is -1.97. The van der Waals surface area contributed by atoms with Crippen LogP contribution in [0, 0.1) is 0 Å². The normalized spacial score (nSPS) is 20.3. The van der Waals surface area contributed by atoms with Crippen LogP contribution in [0.3, 0.4) is 0 Å². The number of rotatable bonds is 5. The van der Waals surface area contributed by atoms with E-state index in [4.69, 9.17) is 14.2 Å². The maximum Gasteiger partial charge on any atom is 0.337 e. The van der Waals surface area contributed by atoms with Crippen molar-refractivity contribution in [2.24, 2.45) is 0 Å². The molecule has 7 nitrogen and oxygen atoms in total. The molecule has 0 bridgehead atoms. The minimum atomic E-state index is -1.47. The first-order valence-corrected chi connectivity index (χ1v) is 7.98. The van der Waals surface area contributed by atoms with Gasteiger partial charge in [0.1, 0.15) is 11.8 Å². The van der Waals surface area contributed by atoms with Crippen LogP contribution in [0.2, 0.25) is 0 Å². The molecule has 0 aliphatic carbocycles. The van der Waals surface area contributed by atoms with Crippen molar-refractivity contribution < 1.29 is 28.0 Å². The molecule has 0 aromatic carbocycles. The van der Waals surface area contributed by atoms with E-state index in [2.05, 4.69) is 4.72 Å². The number of esters is 2. The van der Waals surface area contributed by atoms with Gasteiger partial charge in [0.05, 0.1) is 28.9 Å². The average Bonchev–Trinajstić information content (AvgIpc) is 2.33. The fraction of sp³-hybridized carbons (Fsp3) is 0.714. The Bertz CT molecular complexity index is 506. The van der Waals surface area contributed by atoms with Crippen molar-refractivity contribution in [3.8, 4) is 0 Å². The highest BCUT2D eigenvalue weighted by Crippen LogP contribution is 2.25. The molecular formula is C14H23NO6S. The molecule has 1 rings (SSSR count). The SMILES string of the molecule is COC(=O)[C@H](CC1=CC(=O)OC(C)(C)O1)N[S@](=O)C(C)(C)C. The Hall–Kier alpha value is -1.41. The van der Waals surface area contributed by atoms with Gasteiger partial charge in [0.2, 0.25) is 5.79 Å². The second kappa shape index (κ2) is 6.78. The van der Waals surface area contributed by atoms with E-state index >= 15 is 0 Å². The standard InChI is InChI=1S/C14H23NO6S/c1-13(2,3)22(18)15-10(12(17)19-6)7-9-8-11(16)21-14(4,5)20-9/h8,10,15H,7H2,1-6H3/t10-,22+/m0/s1. The molecule has 0 aromatic rings. The lowest BCUT2D eigenvalue weighted by molar-refractivity contribution is -0.206. The Labute approximate surface area is 133 Å². The Balaban J connectivity index is 2.89. The lowest BCUT2D eigenvalue weighted by Gasteiger charge is -2.32. The van der Waals surface area contributed by atoms with Crippen molar-refractivity contribution in [1.82, 2.24) is 4.72 Å². The molecule has 126 valence electrons. The summed E-state index contributed by atoms with van der Waals surface area (Å²) >= 11 is 0. The van der Waals surface area contributed by atoms with Crippen LogP contribution >= 0.6 is 0 Å². The average molecular weight is 333 g/mol. The smallest absolute Gasteiger partial charge is 0.337 e. The number of hydrogen-bond acceptors (Lipinski definition) is 6. The van der Waals surface area contributed by atoms with Crippen LogP contribution in [0.15, 0.2) is 11.8 Å². The molecule has 0 unspecified atom stereocenters. The minimum absolute atomic E-state index is 0.0347. The van der Waals surface area contributed by atoms with Crippen LogP contribution in [-0.2, 0) is 34.8 Å². The molecule has 0 saturated heterocycles. The van der Waals surface area contributed by atoms with Gasteiger partial charge in [0.25, 0.3) is 0 Å². The van der Waals surface area contributed by atoms with E-state index in [1.807, 2.05) is 0 Å². The molecule has 0 spiro atoms. The third-order valence-corrected chi connectivity index (χ3v) is 4.31. The van der Waals surface area contributed by atoms with Crippen LogP contribution in [0.5, 0.6) is 0 Å². The molecule has 22 heavy (non-hydrogen) atoms. The molecule has 2 atom stereocenters. The molecule has 8 heteroatoms. The van der Waals surface area contributed by atoms with Gasteiger partial charge in [0.15, 0.2) is 0 Å². The third kappa shape index (κ3) is 5.42. The van der Waals surface area contributed by atoms with Crippen molar-refractivity contribution in [3.63, 3.8) is 0 Å². The summed E-state index contributed by atoms with van der Waals surface area (Å²) in [5, 5.41) is 0.